The van der Waals surface area contributed by atoms with E-state index in [0.717, 1.165) is 17.8 Å². The molecule has 0 atom stereocenters. The molecule has 0 spiro atoms. The highest BCUT2D eigenvalue weighted by Gasteiger charge is 2.07. The second-order valence-electron chi connectivity index (χ2n) is 17.8. The van der Waals surface area contributed by atoms with E-state index in [1.807, 2.05) is 13.8 Å². The van der Waals surface area contributed by atoms with Gasteiger partial charge in [-0.2, -0.15) is 0 Å². The quantitative estimate of drug-likeness (QED) is 0.165. The van der Waals surface area contributed by atoms with Crippen molar-refractivity contribution in [3.05, 3.63) is 0 Å². The highest BCUT2D eigenvalue weighted by molar-refractivity contribution is 4.61. The summed E-state index contributed by atoms with van der Waals surface area (Å²) in [6.45, 7) is 46.0. The first-order valence-corrected chi connectivity index (χ1v) is 24.6. The fraction of sp³-hybridized carbons (Fsp3) is 1.00. The molecule has 0 radical (unpaired) electrons. The molecule has 2 rings (SSSR count). The Kier molecular flexibility index (Phi) is 97.1. The van der Waals surface area contributed by atoms with Crippen molar-refractivity contribution in [3.8, 4) is 0 Å². The Bertz CT molecular complexity index is 407. The van der Waals surface area contributed by atoms with Crippen molar-refractivity contribution in [3.63, 3.8) is 0 Å². The minimum absolute atomic E-state index is 0.500. The summed E-state index contributed by atoms with van der Waals surface area (Å²) in [5.41, 5.74) is 0.500. The molecule has 0 amide bonds. The van der Waals surface area contributed by atoms with E-state index in [4.69, 9.17) is 0 Å². The lowest BCUT2D eigenvalue weighted by atomic mass is 9.91. The predicted octanol–water partition coefficient (Wildman–Crippen LogP) is 21.7. The van der Waals surface area contributed by atoms with Crippen LogP contribution in [0.3, 0.4) is 0 Å². The van der Waals surface area contributed by atoms with Crippen LogP contribution in [-0.2, 0) is 0 Å². The highest BCUT2D eigenvalue weighted by atomic mass is 14.1. The summed E-state index contributed by atoms with van der Waals surface area (Å²) >= 11 is 0. The van der Waals surface area contributed by atoms with Crippen LogP contribution in [0.2, 0.25) is 0 Å². The van der Waals surface area contributed by atoms with Crippen LogP contribution in [0.5, 0.6) is 0 Å². The molecule has 0 aromatic heterocycles. The number of rotatable bonds is 13. The van der Waals surface area contributed by atoms with E-state index in [-0.39, 0.29) is 0 Å². The SMILES string of the molecule is CC.CC(C)(C)C.CC(C)C.CC1CCCC1.CC1CCCCC1.CCC.CCCC.CCCCC.CCCCCCC.CCCCCCCCC. The molecular formula is C52H120. The first-order chi connectivity index (χ1) is 24.6. The molecule has 0 aliphatic heterocycles. The lowest BCUT2D eigenvalue weighted by Crippen LogP contribution is -1.99. The van der Waals surface area contributed by atoms with Crippen LogP contribution < -0.4 is 0 Å². The third-order valence-electron chi connectivity index (χ3n) is 7.66. The van der Waals surface area contributed by atoms with Gasteiger partial charge in [0.05, 0.1) is 0 Å². The van der Waals surface area contributed by atoms with Gasteiger partial charge in [-0.05, 0) is 23.2 Å². The Hall–Kier alpha value is 0. The van der Waals surface area contributed by atoms with E-state index in [1.54, 1.807) is 0 Å². The molecule has 2 saturated carbocycles. The van der Waals surface area contributed by atoms with Gasteiger partial charge < -0.3 is 0 Å². The van der Waals surface area contributed by atoms with Crippen molar-refractivity contribution in [2.45, 2.75) is 319 Å². The highest BCUT2D eigenvalue weighted by Crippen LogP contribution is 2.23. The summed E-state index contributed by atoms with van der Waals surface area (Å²) in [6.07, 6.45) is 38.3. The van der Waals surface area contributed by atoms with Gasteiger partial charge in [0, 0.05) is 0 Å². The molecule has 2 aliphatic carbocycles. The zero-order chi connectivity index (χ0) is 42.3. The molecule has 0 N–H and O–H groups in total. The Morgan fingerprint density at radius 1 is 0.365 bits per heavy atom. The van der Waals surface area contributed by atoms with Crippen LogP contribution in [0.1, 0.15) is 319 Å². The minimum atomic E-state index is 0.500. The fourth-order valence-corrected chi connectivity index (χ4v) is 4.50. The summed E-state index contributed by atoms with van der Waals surface area (Å²) in [7, 11) is 0. The van der Waals surface area contributed by atoms with Gasteiger partial charge in [0.15, 0.2) is 0 Å². The molecule has 0 bridgehead atoms. The lowest BCUT2D eigenvalue weighted by molar-refractivity contribution is 0.385. The van der Waals surface area contributed by atoms with Crippen molar-refractivity contribution in [1.29, 1.82) is 0 Å². The zero-order valence-corrected chi connectivity index (χ0v) is 42.3. The molecule has 2 aliphatic rings. The van der Waals surface area contributed by atoms with E-state index in [2.05, 4.69) is 132 Å². The summed E-state index contributed by atoms with van der Waals surface area (Å²) in [5, 5.41) is 0. The van der Waals surface area contributed by atoms with Crippen LogP contribution in [0.25, 0.3) is 0 Å². The third kappa shape index (κ3) is 153. The second-order valence-corrected chi connectivity index (χ2v) is 17.8. The van der Waals surface area contributed by atoms with E-state index >= 15 is 0 Å². The van der Waals surface area contributed by atoms with Crippen LogP contribution >= 0.6 is 0 Å². The minimum Gasteiger partial charge on any atom is -0.0683 e. The van der Waals surface area contributed by atoms with Crippen LogP contribution in [-0.4, -0.2) is 0 Å². The average molecular weight is 746 g/mol. The predicted molar refractivity (Wildman–Crippen MR) is 257 cm³/mol. The summed E-state index contributed by atoms with van der Waals surface area (Å²) in [6, 6.07) is 0. The monoisotopic (exact) mass is 745 g/mol. The first-order valence-electron chi connectivity index (χ1n) is 24.6. The Morgan fingerprint density at radius 3 is 0.654 bits per heavy atom. The molecule has 2 fully saturated rings. The van der Waals surface area contributed by atoms with Gasteiger partial charge in [-0.15, -0.1) is 0 Å². The van der Waals surface area contributed by atoms with Gasteiger partial charge in [0.25, 0.3) is 0 Å². The summed E-state index contributed by atoms with van der Waals surface area (Å²) in [4.78, 5) is 0. The van der Waals surface area contributed by atoms with Crippen molar-refractivity contribution in [2.24, 2.45) is 23.2 Å². The van der Waals surface area contributed by atoms with Gasteiger partial charge >= 0.3 is 0 Å². The van der Waals surface area contributed by atoms with E-state index in [1.165, 1.54) is 173 Å². The molecule has 52 heavy (non-hydrogen) atoms. The van der Waals surface area contributed by atoms with Crippen molar-refractivity contribution in [2.75, 3.05) is 0 Å². The molecule has 0 nitrogen and oxygen atoms in total. The summed E-state index contributed by atoms with van der Waals surface area (Å²) in [5.74, 6) is 2.92. The van der Waals surface area contributed by atoms with Gasteiger partial charge in [0.1, 0.15) is 0 Å². The molecule has 328 valence electrons. The van der Waals surface area contributed by atoms with Crippen molar-refractivity contribution >= 4 is 0 Å². The number of hydrogen-bond acceptors (Lipinski definition) is 0. The van der Waals surface area contributed by atoms with E-state index in [0.29, 0.717) is 5.41 Å². The Labute approximate surface area is 340 Å². The van der Waals surface area contributed by atoms with Crippen LogP contribution in [0.15, 0.2) is 0 Å². The number of unbranched alkanes of at least 4 members (excludes halogenated alkanes) is 13. The normalized spacial score (nSPS) is 13.0. The zero-order valence-electron chi connectivity index (χ0n) is 42.3. The Morgan fingerprint density at radius 2 is 0.538 bits per heavy atom. The molecular weight excluding hydrogens is 625 g/mol. The lowest BCUT2D eigenvalue weighted by Gasteiger charge is -2.15. The van der Waals surface area contributed by atoms with Gasteiger partial charge in [0.2, 0.25) is 0 Å². The fourth-order valence-electron chi connectivity index (χ4n) is 4.50. The standard InChI is InChI=1S/C9H20.C7H14.C7H16.C6H12.2C5H12.2C4H10.C3H8.C2H6/c1-3-5-7-9-8-6-4-2;1-7-5-3-2-4-6-7;1-3-5-7-6-4-2;1-6-4-2-3-5-6;1-5(2,3)4;1-3-5-4-2;1-4(2)3;1-3-4-2;1-3-2;1-2/h3-9H2,1-2H3;7H,2-6H2,1H3;3-7H2,1-2H3;6H,2-5H2,1H3;1-4H3;3-5H2,1-2H3;4H,1-3H3;3-4H2,1-2H3;3H2,1-2H3;1-2H3. The van der Waals surface area contributed by atoms with Crippen LogP contribution in [0, 0.1) is 23.2 Å². The maximum atomic E-state index is 2.36. The third-order valence-corrected chi connectivity index (χ3v) is 7.66. The average Bonchev–Trinajstić information content (AvgIpc) is 3.58. The van der Waals surface area contributed by atoms with Crippen LogP contribution in [0.4, 0.5) is 0 Å². The maximum Gasteiger partial charge on any atom is -0.0411 e. The van der Waals surface area contributed by atoms with E-state index in [9.17, 15) is 0 Å². The molecule has 0 saturated heterocycles. The number of hydrogen-bond donors (Lipinski definition) is 0. The van der Waals surface area contributed by atoms with Gasteiger partial charge in [-0.1, -0.05) is 319 Å². The Balaban J connectivity index is -0.0000000705. The van der Waals surface area contributed by atoms with Crippen molar-refractivity contribution in [1.82, 2.24) is 0 Å². The topological polar surface area (TPSA) is 0 Å². The van der Waals surface area contributed by atoms with Gasteiger partial charge in [-0.25, -0.2) is 0 Å². The largest absolute Gasteiger partial charge is 0.0683 e. The van der Waals surface area contributed by atoms with Gasteiger partial charge in [-0.3, -0.25) is 0 Å². The molecule has 0 heteroatoms. The molecule has 0 aromatic rings. The molecule has 0 heterocycles. The summed E-state index contributed by atoms with van der Waals surface area (Å²) < 4.78 is 0. The molecule has 0 unspecified atom stereocenters. The first kappa shape index (κ1) is 69.9. The smallest absolute Gasteiger partial charge is 0.0411 e. The second kappa shape index (κ2) is 72.3. The maximum absolute atomic E-state index is 2.36. The van der Waals surface area contributed by atoms with Crippen molar-refractivity contribution < 1.29 is 0 Å². The van der Waals surface area contributed by atoms with E-state index < -0.39 is 0 Å². The molecule has 0 aromatic carbocycles.